The van der Waals surface area contributed by atoms with Crippen molar-refractivity contribution in [3.05, 3.63) is 35.9 Å². The molecule has 0 radical (unpaired) electrons. The van der Waals surface area contributed by atoms with Gasteiger partial charge in [0.2, 0.25) is 5.91 Å². The van der Waals surface area contributed by atoms with E-state index in [4.69, 9.17) is 15.0 Å². The van der Waals surface area contributed by atoms with Crippen molar-refractivity contribution in [2.45, 2.75) is 89.7 Å². The van der Waals surface area contributed by atoms with Gasteiger partial charge in [-0.25, -0.2) is 0 Å². The molecule has 3 rings (SSSR count). The fraction of sp³-hybridized carbons (Fsp3) is 0.720. The Morgan fingerprint density at radius 1 is 1.03 bits per heavy atom. The molecule has 2 aliphatic heterocycles. The van der Waals surface area contributed by atoms with Gasteiger partial charge in [-0.3, -0.25) is 4.79 Å². The van der Waals surface area contributed by atoms with Crippen molar-refractivity contribution in [2.24, 2.45) is 11.7 Å². The lowest BCUT2D eigenvalue weighted by Crippen LogP contribution is -2.41. The second-order valence-electron chi connectivity index (χ2n) is 10.4. The van der Waals surface area contributed by atoms with E-state index in [1.54, 1.807) is 0 Å². The van der Waals surface area contributed by atoms with E-state index < -0.39 is 18.3 Å². The van der Waals surface area contributed by atoms with Crippen molar-refractivity contribution in [1.29, 1.82) is 0 Å². The first-order valence-electron chi connectivity index (χ1n) is 12.1. The minimum atomic E-state index is -0.412. The Balaban J connectivity index is 0.00000363. The third kappa shape index (κ3) is 6.96. The zero-order chi connectivity index (χ0) is 22.5. The van der Waals surface area contributed by atoms with E-state index in [-0.39, 0.29) is 30.0 Å². The summed E-state index contributed by atoms with van der Waals surface area (Å²) < 4.78 is 12.8. The number of nitrogens with zero attached hydrogens (tertiary/aromatic N) is 1. The van der Waals surface area contributed by atoms with Gasteiger partial charge in [-0.2, -0.15) is 0 Å². The average Bonchev–Trinajstić information content (AvgIpc) is 2.95. The van der Waals surface area contributed by atoms with Gasteiger partial charge in [-0.05, 0) is 85.0 Å². The molecule has 5 nitrogen and oxygen atoms in total. The van der Waals surface area contributed by atoms with Gasteiger partial charge in [0.15, 0.2) is 0 Å². The maximum atomic E-state index is 12.6. The van der Waals surface area contributed by atoms with Gasteiger partial charge in [0.05, 0.1) is 11.2 Å². The number of hydrogen-bond donors (Lipinski definition) is 1. The molecule has 2 atom stereocenters. The fourth-order valence-electron chi connectivity index (χ4n) is 4.85. The van der Waals surface area contributed by atoms with Gasteiger partial charge >= 0.3 is 7.12 Å². The summed E-state index contributed by atoms with van der Waals surface area (Å²) in [5.74, 6) is -0.504. The van der Waals surface area contributed by atoms with Gasteiger partial charge in [-0.1, -0.05) is 43.2 Å². The minimum Gasteiger partial charge on any atom is -0.403 e. The molecule has 2 aliphatic rings. The van der Waals surface area contributed by atoms with Crippen LogP contribution in [0.3, 0.4) is 0 Å². The first-order chi connectivity index (χ1) is 14.7. The summed E-state index contributed by atoms with van der Waals surface area (Å²) >= 11 is 0. The molecule has 1 aromatic carbocycles. The summed E-state index contributed by atoms with van der Waals surface area (Å²) in [7, 11) is -0.403. The van der Waals surface area contributed by atoms with Crippen LogP contribution in [0.2, 0.25) is 5.82 Å². The number of benzene rings is 1. The van der Waals surface area contributed by atoms with Crippen LogP contribution in [0.25, 0.3) is 0 Å². The minimum absolute atomic E-state index is 0. The number of piperidine rings is 1. The molecular formula is C25H42BClN2O3. The molecule has 32 heavy (non-hydrogen) atoms. The van der Waals surface area contributed by atoms with Crippen LogP contribution in [0, 0.1) is 5.92 Å². The molecule has 2 fully saturated rings. The highest BCUT2D eigenvalue weighted by Crippen LogP contribution is 2.44. The molecule has 1 aromatic rings. The molecule has 2 saturated heterocycles. The quantitative estimate of drug-likeness (QED) is 0.502. The van der Waals surface area contributed by atoms with Gasteiger partial charge in [-0.15, -0.1) is 12.4 Å². The fourth-order valence-corrected chi connectivity index (χ4v) is 4.85. The van der Waals surface area contributed by atoms with E-state index in [1.807, 2.05) is 6.07 Å². The number of hydrogen-bond acceptors (Lipinski definition) is 4. The largest absolute Gasteiger partial charge is 0.461 e. The molecule has 1 amide bonds. The molecule has 1 unspecified atom stereocenters. The van der Waals surface area contributed by atoms with Crippen molar-refractivity contribution < 1.29 is 14.1 Å². The molecule has 0 saturated carbocycles. The summed E-state index contributed by atoms with van der Waals surface area (Å²) in [6.07, 6.45) is 7.40. The lowest BCUT2D eigenvalue weighted by molar-refractivity contribution is -0.122. The smallest absolute Gasteiger partial charge is 0.403 e. The Bertz CT molecular complexity index is 694. The molecule has 2 N–H and O–H groups in total. The zero-order valence-electron chi connectivity index (χ0n) is 20.3. The molecule has 0 aliphatic carbocycles. The van der Waals surface area contributed by atoms with Crippen LogP contribution in [0.5, 0.6) is 0 Å². The number of primary amides is 1. The Hall–Kier alpha value is -1.08. The third-order valence-corrected chi connectivity index (χ3v) is 7.55. The van der Waals surface area contributed by atoms with Crippen molar-refractivity contribution in [3.63, 3.8) is 0 Å². The molecule has 0 bridgehead atoms. The monoisotopic (exact) mass is 464 g/mol. The Morgan fingerprint density at radius 2 is 1.62 bits per heavy atom. The second-order valence-corrected chi connectivity index (χ2v) is 10.4. The first-order valence-corrected chi connectivity index (χ1v) is 12.1. The summed E-state index contributed by atoms with van der Waals surface area (Å²) in [5.41, 5.74) is 6.46. The van der Waals surface area contributed by atoms with Crippen LogP contribution >= 0.6 is 12.4 Å². The predicted octanol–water partition coefficient (Wildman–Crippen LogP) is 4.87. The molecule has 2 heterocycles. The van der Waals surface area contributed by atoms with Crippen LogP contribution in [-0.4, -0.2) is 48.8 Å². The molecule has 0 spiro atoms. The lowest BCUT2D eigenvalue weighted by atomic mass is 9.61. The van der Waals surface area contributed by atoms with Gasteiger partial charge < -0.3 is 19.9 Å². The van der Waals surface area contributed by atoms with Gasteiger partial charge in [0.1, 0.15) is 0 Å². The number of rotatable bonds is 10. The molecule has 0 aromatic heterocycles. The lowest BCUT2D eigenvalue weighted by Gasteiger charge is -2.32. The summed E-state index contributed by atoms with van der Waals surface area (Å²) in [5, 5.41) is 0. The normalized spacial score (nSPS) is 22.2. The number of amides is 1. The van der Waals surface area contributed by atoms with Crippen LogP contribution in [-0.2, 0) is 20.5 Å². The summed E-state index contributed by atoms with van der Waals surface area (Å²) in [6, 6.07) is 10.5. The number of carbonyl (C=O) groups excluding carboxylic acids is 1. The van der Waals surface area contributed by atoms with Crippen LogP contribution in [0.4, 0.5) is 0 Å². The van der Waals surface area contributed by atoms with E-state index in [2.05, 4.69) is 56.9 Å². The van der Waals surface area contributed by atoms with Crippen molar-refractivity contribution >= 4 is 25.4 Å². The number of halogens is 1. The second kappa shape index (κ2) is 11.9. The van der Waals surface area contributed by atoms with Crippen molar-refractivity contribution in [1.82, 2.24) is 4.90 Å². The van der Waals surface area contributed by atoms with Crippen molar-refractivity contribution in [2.75, 3.05) is 19.6 Å². The number of nitrogens with two attached hydrogens (primary N) is 1. The Labute approximate surface area is 201 Å². The van der Waals surface area contributed by atoms with Crippen LogP contribution in [0.1, 0.15) is 71.8 Å². The zero-order valence-corrected chi connectivity index (χ0v) is 21.2. The van der Waals surface area contributed by atoms with Gasteiger partial charge in [0.25, 0.3) is 0 Å². The molecular weight excluding hydrogens is 423 g/mol. The van der Waals surface area contributed by atoms with Crippen molar-refractivity contribution in [3.8, 4) is 0 Å². The predicted molar refractivity (Wildman–Crippen MR) is 134 cm³/mol. The maximum absolute atomic E-state index is 12.6. The summed E-state index contributed by atoms with van der Waals surface area (Å²) in [6.45, 7) is 11.5. The van der Waals surface area contributed by atoms with E-state index in [1.165, 1.54) is 24.8 Å². The van der Waals surface area contributed by atoms with E-state index >= 15 is 0 Å². The highest BCUT2D eigenvalue weighted by molar-refractivity contribution is 6.48. The van der Waals surface area contributed by atoms with E-state index in [9.17, 15) is 4.79 Å². The highest BCUT2D eigenvalue weighted by atomic mass is 35.5. The maximum Gasteiger partial charge on any atom is 0.461 e. The Morgan fingerprint density at radius 3 is 2.19 bits per heavy atom. The first kappa shape index (κ1) is 27.2. The SMILES string of the molecule is CC1(C)OB([C@H](CCCc2ccccc2)C(CCN2CCCCC2)C(N)=O)OC1(C)C.Cl. The van der Waals surface area contributed by atoms with E-state index in [0.29, 0.717) is 0 Å². The Kier molecular flexibility index (Phi) is 10.1. The average molecular weight is 465 g/mol. The molecule has 7 heteroatoms. The highest BCUT2D eigenvalue weighted by Gasteiger charge is 2.55. The third-order valence-electron chi connectivity index (χ3n) is 7.55. The van der Waals surface area contributed by atoms with Crippen LogP contribution < -0.4 is 5.73 Å². The number of aryl methyl sites for hydroxylation is 1. The van der Waals surface area contributed by atoms with E-state index in [0.717, 1.165) is 45.3 Å². The number of carbonyl (C=O) groups is 1. The standard InChI is InChI=1S/C25H41BN2O3.ClH/c1-24(2)25(3,4)31-26(30-24)22(15-11-14-20-12-7-5-8-13-20)21(23(27)29)16-19-28-17-9-6-10-18-28;/h5,7-8,12-13,21-22H,6,9-11,14-19H2,1-4H3,(H2,27,29);1H/t21?,22-;/m1./s1. The summed E-state index contributed by atoms with van der Waals surface area (Å²) in [4.78, 5) is 15.1. The number of likely N-dealkylation sites (tertiary alicyclic amines) is 1. The van der Waals surface area contributed by atoms with Crippen LogP contribution in [0.15, 0.2) is 30.3 Å². The van der Waals surface area contributed by atoms with Gasteiger partial charge in [0, 0.05) is 11.7 Å². The molecule has 180 valence electrons. The topological polar surface area (TPSA) is 64.8 Å².